The molecule has 1 saturated carbocycles. The normalized spacial score (nSPS) is 28.1. The Morgan fingerprint density at radius 1 is 0.851 bits per heavy atom. The molecule has 240 valence electrons. The number of anilines is 2. The van der Waals surface area contributed by atoms with E-state index in [1.807, 2.05) is 6.08 Å². The van der Waals surface area contributed by atoms with Crippen molar-refractivity contribution in [1.29, 1.82) is 0 Å². The number of amides is 4. The molecule has 3 aromatic carbocycles. The number of rotatable bonds is 6. The molecule has 0 radical (unpaired) electrons. The van der Waals surface area contributed by atoms with Gasteiger partial charge < -0.3 is 14.6 Å². The summed E-state index contributed by atoms with van der Waals surface area (Å²) in [5.74, 6) is -5.33. The molecule has 0 spiro atoms. The maximum atomic E-state index is 14.6. The summed E-state index contributed by atoms with van der Waals surface area (Å²) in [4.78, 5) is 69.8. The summed E-state index contributed by atoms with van der Waals surface area (Å²) < 4.78 is 10.9. The maximum Gasteiger partial charge on any atom is 0.269 e. The smallest absolute Gasteiger partial charge is 0.269 e. The minimum atomic E-state index is -1.29. The number of carbonyl (C=O) groups is 4. The summed E-state index contributed by atoms with van der Waals surface area (Å²) in [5, 5.41) is 22.0. The summed E-state index contributed by atoms with van der Waals surface area (Å²) in [6, 6.07) is 17.2. The van der Waals surface area contributed by atoms with Gasteiger partial charge in [-0.2, -0.15) is 0 Å². The Bertz CT molecular complexity index is 1860. The van der Waals surface area contributed by atoms with E-state index >= 15 is 0 Å². The van der Waals surface area contributed by atoms with Gasteiger partial charge in [0.05, 0.1) is 53.7 Å². The molecular weight excluding hydrogens is 606 g/mol. The molecule has 0 bridgehead atoms. The van der Waals surface area contributed by atoms with Crippen LogP contribution in [0.5, 0.6) is 17.2 Å². The number of hydrogen-bond acceptors (Lipinski definition) is 9. The fourth-order valence-corrected chi connectivity index (χ4v) is 8.28. The van der Waals surface area contributed by atoms with Crippen molar-refractivity contribution in [3.8, 4) is 17.2 Å². The van der Waals surface area contributed by atoms with Gasteiger partial charge in [-0.3, -0.25) is 34.2 Å². The Labute approximate surface area is 269 Å². The zero-order valence-corrected chi connectivity index (χ0v) is 25.8. The Morgan fingerprint density at radius 3 is 2.06 bits per heavy atom. The van der Waals surface area contributed by atoms with E-state index in [2.05, 4.69) is 0 Å². The van der Waals surface area contributed by atoms with Gasteiger partial charge in [0.15, 0.2) is 11.5 Å². The molecule has 7 rings (SSSR count). The zero-order chi connectivity index (χ0) is 33.4. The van der Waals surface area contributed by atoms with Crippen LogP contribution in [0.3, 0.4) is 0 Å². The summed E-state index contributed by atoms with van der Waals surface area (Å²) in [5.41, 5.74) is 0.508. The maximum absolute atomic E-state index is 14.6. The fourth-order valence-electron chi connectivity index (χ4n) is 8.28. The number of non-ortho nitro benzene ring substituents is 1. The number of benzene rings is 3. The van der Waals surface area contributed by atoms with Crippen molar-refractivity contribution in [2.45, 2.75) is 25.7 Å². The van der Waals surface area contributed by atoms with Crippen LogP contribution in [0.15, 0.2) is 78.4 Å². The van der Waals surface area contributed by atoms with Crippen molar-refractivity contribution < 1.29 is 38.7 Å². The molecule has 4 amide bonds. The molecule has 3 fully saturated rings. The van der Waals surface area contributed by atoms with E-state index in [0.717, 1.165) is 10.5 Å². The first kappa shape index (κ1) is 30.2. The number of methoxy groups -OCH3 is 2. The predicted molar refractivity (Wildman–Crippen MR) is 168 cm³/mol. The van der Waals surface area contributed by atoms with E-state index in [0.29, 0.717) is 11.3 Å². The highest BCUT2D eigenvalue weighted by Gasteiger charge is 2.67. The van der Waals surface area contributed by atoms with Gasteiger partial charge >= 0.3 is 0 Å². The lowest BCUT2D eigenvalue weighted by molar-refractivity contribution is -0.384. The first-order chi connectivity index (χ1) is 22.5. The van der Waals surface area contributed by atoms with Gasteiger partial charge in [0, 0.05) is 18.1 Å². The average Bonchev–Trinajstić information content (AvgIpc) is 3.44. The summed E-state index contributed by atoms with van der Waals surface area (Å²) in [7, 11) is 2.79. The van der Waals surface area contributed by atoms with E-state index in [1.165, 1.54) is 43.4 Å². The second-order valence-electron chi connectivity index (χ2n) is 12.6. The number of carbonyl (C=O) groups excluding carboxylic acids is 4. The number of ether oxygens (including phenoxy) is 2. The first-order valence-electron chi connectivity index (χ1n) is 15.2. The van der Waals surface area contributed by atoms with Crippen LogP contribution in [0.25, 0.3) is 0 Å². The number of fused-ring (bicyclic) bond motifs is 4. The lowest BCUT2D eigenvalue weighted by atomic mass is 9.51. The number of aromatic hydroxyl groups is 1. The van der Waals surface area contributed by atoms with Crippen LogP contribution in [-0.4, -0.2) is 47.9 Å². The van der Waals surface area contributed by atoms with Crippen LogP contribution in [0.1, 0.15) is 31.2 Å². The highest BCUT2D eigenvalue weighted by molar-refractivity contribution is 6.25. The third kappa shape index (κ3) is 4.20. The summed E-state index contributed by atoms with van der Waals surface area (Å²) >= 11 is 0. The van der Waals surface area contributed by atoms with E-state index in [4.69, 9.17) is 9.47 Å². The third-order valence-electron chi connectivity index (χ3n) is 10.4. The number of phenols is 1. The SMILES string of the molecule is COc1cc([C@H]2C3=CC[C@@H]4C(=O)N(c5ccc([N+](=O)[O-])cc5)C(=O)[C@@H]4[C@@H]3C[C@H]3C(=O)N(c4ccccc4)C(=O)[C@@]23C)cc(OC)c1O. The second kappa shape index (κ2) is 10.8. The quantitative estimate of drug-likeness (QED) is 0.174. The van der Waals surface area contributed by atoms with Crippen LogP contribution in [-0.2, 0) is 19.2 Å². The molecule has 2 saturated heterocycles. The molecule has 0 unspecified atom stereocenters. The Hall–Kier alpha value is -5.52. The van der Waals surface area contributed by atoms with Gasteiger partial charge in [-0.15, -0.1) is 0 Å². The van der Waals surface area contributed by atoms with Crippen LogP contribution < -0.4 is 19.3 Å². The Kier molecular flexibility index (Phi) is 6.92. The predicted octanol–water partition coefficient (Wildman–Crippen LogP) is 4.75. The number of allylic oxidation sites excluding steroid dienone is 2. The number of nitro benzene ring substituents is 1. The highest BCUT2D eigenvalue weighted by Crippen LogP contribution is 2.64. The molecule has 0 aromatic heterocycles. The molecule has 47 heavy (non-hydrogen) atoms. The molecule has 2 aliphatic heterocycles. The van der Waals surface area contributed by atoms with Crippen molar-refractivity contribution in [3.63, 3.8) is 0 Å². The molecule has 6 atom stereocenters. The molecule has 2 aliphatic carbocycles. The topological polar surface area (TPSA) is 157 Å². The van der Waals surface area contributed by atoms with E-state index in [1.54, 1.807) is 49.4 Å². The highest BCUT2D eigenvalue weighted by atomic mass is 16.6. The fraction of sp³-hybridized carbons (Fsp3) is 0.314. The third-order valence-corrected chi connectivity index (χ3v) is 10.4. The van der Waals surface area contributed by atoms with E-state index in [-0.39, 0.29) is 41.5 Å². The van der Waals surface area contributed by atoms with Crippen molar-refractivity contribution in [2.75, 3.05) is 24.0 Å². The van der Waals surface area contributed by atoms with Crippen LogP contribution >= 0.6 is 0 Å². The van der Waals surface area contributed by atoms with Crippen LogP contribution in [0.2, 0.25) is 0 Å². The van der Waals surface area contributed by atoms with Crippen LogP contribution in [0, 0.1) is 39.2 Å². The minimum Gasteiger partial charge on any atom is -0.502 e. The number of para-hydroxylation sites is 1. The molecule has 1 N–H and O–H groups in total. The van der Waals surface area contributed by atoms with E-state index < -0.39 is 63.6 Å². The first-order valence-corrected chi connectivity index (χ1v) is 15.2. The van der Waals surface area contributed by atoms with E-state index in [9.17, 15) is 34.4 Å². The molecule has 12 heteroatoms. The molecular formula is C35H31N3O9. The monoisotopic (exact) mass is 637 g/mol. The number of nitro groups is 1. The van der Waals surface area contributed by atoms with Crippen molar-refractivity contribution in [1.82, 2.24) is 0 Å². The molecule has 3 aromatic rings. The molecule has 4 aliphatic rings. The van der Waals surface area contributed by atoms with Gasteiger partial charge in [0.1, 0.15) is 0 Å². The lowest BCUT2D eigenvalue weighted by Crippen LogP contribution is -2.48. The average molecular weight is 638 g/mol. The van der Waals surface area contributed by atoms with Gasteiger partial charge in [-0.1, -0.05) is 29.8 Å². The number of phenolic OH excluding ortho intramolecular Hbond substituents is 1. The Morgan fingerprint density at radius 2 is 1.47 bits per heavy atom. The van der Waals surface area contributed by atoms with Gasteiger partial charge in [0.25, 0.3) is 5.69 Å². The molecule has 2 heterocycles. The Balaban J connectivity index is 1.37. The zero-order valence-electron chi connectivity index (χ0n) is 25.8. The summed E-state index contributed by atoms with van der Waals surface area (Å²) in [6.45, 7) is 1.77. The molecule has 12 nitrogen and oxygen atoms in total. The lowest BCUT2D eigenvalue weighted by Gasteiger charge is -2.49. The largest absolute Gasteiger partial charge is 0.502 e. The number of hydrogen-bond donors (Lipinski definition) is 1. The minimum absolute atomic E-state index is 0.115. The van der Waals surface area contributed by atoms with Crippen LogP contribution in [0.4, 0.5) is 17.1 Å². The van der Waals surface area contributed by atoms with Crippen molar-refractivity contribution >= 4 is 40.7 Å². The van der Waals surface area contributed by atoms with Crippen molar-refractivity contribution in [2.24, 2.45) is 29.1 Å². The van der Waals surface area contributed by atoms with Gasteiger partial charge in [0.2, 0.25) is 29.4 Å². The van der Waals surface area contributed by atoms with Gasteiger partial charge in [-0.25, -0.2) is 4.90 Å². The number of imide groups is 2. The van der Waals surface area contributed by atoms with Crippen molar-refractivity contribution in [3.05, 3.63) is 94.1 Å². The standard InChI is InChI=1S/C35H31N3O9/c1-35-25(32(41)37(34(35)43)19-7-5-4-6-8-19)17-24-22(29(35)18-15-26(46-2)30(39)27(16-18)47-3)13-14-23-28(24)33(42)36(31(23)40)20-9-11-21(12-10-20)38(44)45/h4-13,15-16,23-25,28-29,39H,14,17H2,1-3H3/t23-,24+,25-,28-,29-,35+/m0/s1. The van der Waals surface area contributed by atoms with Gasteiger partial charge in [-0.05, 0) is 67.6 Å². The number of nitrogens with zero attached hydrogens (tertiary/aromatic N) is 3. The summed E-state index contributed by atoms with van der Waals surface area (Å²) in [6.07, 6.45) is 2.29. The second-order valence-corrected chi connectivity index (χ2v) is 12.6.